The normalized spacial score (nSPS) is 20.7. The number of hydrogen-bond acceptors (Lipinski definition) is 3. The molecule has 2 heterocycles. The molecule has 1 aliphatic heterocycles. The topological polar surface area (TPSA) is 57.6 Å². The summed E-state index contributed by atoms with van der Waals surface area (Å²) in [6, 6.07) is 9.61. The van der Waals surface area contributed by atoms with Crippen LogP contribution in [-0.4, -0.2) is 35.0 Å². The summed E-state index contributed by atoms with van der Waals surface area (Å²) >= 11 is 1.56. The van der Waals surface area contributed by atoms with E-state index in [0.717, 1.165) is 16.0 Å². The Morgan fingerprint density at radius 3 is 2.43 bits per heavy atom. The lowest BCUT2D eigenvalue weighted by Crippen LogP contribution is -2.30. The number of carboxylic acid groups (broad SMARTS) is 1. The number of hydrogen-bond donors (Lipinski definition) is 1. The van der Waals surface area contributed by atoms with Crippen molar-refractivity contribution in [3.8, 4) is 0 Å². The summed E-state index contributed by atoms with van der Waals surface area (Å²) in [6.45, 7) is 4.66. The van der Waals surface area contributed by atoms with Gasteiger partial charge in [-0.25, -0.2) is 0 Å². The summed E-state index contributed by atoms with van der Waals surface area (Å²) in [5.74, 6) is -1.61. The lowest BCUT2D eigenvalue weighted by Gasteiger charge is -2.16. The molecule has 5 heteroatoms. The summed E-state index contributed by atoms with van der Waals surface area (Å²) in [7, 11) is 0. The van der Waals surface area contributed by atoms with Gasteiger partial charge in [0.05, 0.1) is 11.5 Å². The molecule has 1 aromatic carbocycles. The Kier molecular flexibility index (Phi) is 4.22. The lowest BCUT2D eigenvalue weighted by molar-refractivity contribution is -0.141. The van der Waals surface area contributed by atoms with Crippen LogP contribution in [0.5, 0.6) is 0 Å². The molecular formula is C18H19NO3S. The van der Waals surface area contributed by atoms with Crippen molar-refractivity contribution in [3.05, 3.63) is 57.3 Å². The van der Waals surface area contributed by atoms with E-state index in [2.05, 4.69) is 0 Å². The average Bonchev–Trinajstić information content (AvgIpc) is 3.13. The van der Waals surface area contributed by atoms with Gasteiger partial charge in [0.15, 0.2) is 0 Å². The van der Waals surface area contributed by atoms with Crippen LogP contribution in [0.2, 0.25) is 0 Å². The summed E-state index contributed by atoms with van der Waals surface area (Å²) in [6.07, 6.45) is 0. The van der Waals surface area contributed by atoms with Crippen molar-refractivity contribution in [1.29, 1.82) is 0 Å². The number of likely N-dealkylation sites (tertiary alicyclic amines) is 1. The van der Waals surface area contributed by atoms with Crippen LogP contribution in [-0.2, 0) is 4.79 Å². The number of nitrogens with zero attached hydrogens (tertiary/aromatic N) is 1. The SMILES string of the molecule is Cc1scc(C(=O)N2C[C@H](C(=O)O)[C@H](c3ccccc3)C2)c1C. The zero-order chi connectivity index (χ0) is 16.6. The van der Waals surface area contributed by atoms with Crippen molar-refractivity contribution in [2.75, 3.05) is 13.1 Å². The monoisotopic (exact) mass is 329 g/mol. The molecule has 23 heavy (non-hydrogen) atoms. The third-order valence-electron chi connectivity index (χ3n) is 4.67. The Morgan fingerprint density at radius 1 is 1.17 bits per heavy atom. The predicted molar refractivity (Wildman–Crippen MR) is 90.0 cm³/mol. The van der Waals surface area contributed by atoms with E-state index >= 15 is 0 Å². The van der Waals surface area contributed by atoms with Gasteiger partial charge in [0.2, 0.25) is 0 Å². The number of carbonyl (C=O) groups is 2. The highest BCUT2D eigenvalue weighted by Gasteiger charge is 2.40. The zero-order valence-electron chi connectivity index (χ0n) is 13.2. The Balaban J connectivity index is 1.87. The van der Waals surface area contributed by atoms with Crippen molar-refractivity contribution < 1.29 is 14.7 Å². The molecule has 1 N–H and O–H groups in total. The molecule has 4 nitrogen and oxygen atoms in total. The fraction of sp³-hybridized carbons (Fsp3) is 0.333. The molecule has 0 bridgehead atoms. The minimum atomic E-state index is -0.840. The predicted octanol–water partition coefficient (Wildman–Crippen LogP) is 3.31. The minimum absolute atomic E-state index is 0.0588. The number of aryl methyl sites for hydroxylation is 1. The second-order valence-corrected chi connectivity index (χ2v) is 7.09. The number of carboxylic acids is 1. The van der Waals surface area contributed by atoms with Gasteiger partial charge in [-0.2, -0.15) is 0 Å². The third-order valence-corrected chi connectivity index (χ3v) is 5.68. The number of thiophene rings is 1. The average molecular weight is 329 g/mol. The van der Waals surface area contributed by atoms with Crippen LogP contribution in [0.1, 0.15) is 32.3 Å². The van der Waals surface area contributed by atoms with Gasteiger partial charge in [-0.15, -0.1) is 11.3 Å². The summed E-state index contributed by atoms with van der Waals surface area (Å²) < 4.78 is 0. The van der Waals surface area contributed by atoms with E-state index in [-0.39, 0.29) is 18.4 Å². The van der Waals surface area contributed by atoms with Gasteiger partial charge in [0, 0.05) is 29.3 Å². The highest BCUT2D eigenvalue weighted by Crippen LogP contribution is 2.34. The van der Waals surface area contributed by atoms with Crippen LogP contribution in [0.3, 0.4) is 0 Å². The van der Waals surface area contributed by atoms with E-state index in [4.69, 9.17) is 0 Å². The zero-order valence-corrected chi connectivity index (χ0v) is 14.0. The molecule has 2 atom stereocenters. The molecule has 0 aliphatic carbocycles. The highest BCUT2D eigenvalue weighted by atomic mass is 32.1. The number of carbonyl (C=O) groups excluding carboxylic acids is 1. The number of aliphatic carboxylic acids is 1. The third kappa shape index (κ3) is 2.88. The van der Waals surface area contributed by atoms with Crippen LogP contribution >= 0.6 is 11.3 Å². The van der Waals surface area contributed by atoms with Gasteiger partial charge in [-0.3, -0.25) is 9.59 Å². The molecule has 0 spiro atoms. The highest BCUT2D eigenvalue weighted by molar-refractivity contribution is 7.10. The fourth-order valence-electron chi connectivity index (χ4n) is 3.15. The number of benzene rings is 1. The minimum Gasteiger partial charge on any atom is -0.481 e. The molecule has 0 radical (unpaired) electrons. The van der Waals surface area contributed by atoms with Crippen LogP contribution in [0.15, 0.2) is 35.7 Å². The molecule has 1 saturated heterocycles. The Morgan fingerprint density at radius 2 is 1.87 bits per heavy atom. The van der Waals surface area contributed by atoms with Gasteiger partial charge in [-0.05, 0) is 25.0 Å². The largest absolute Gasteiger partial charge is 0.481 e. The molecule has 0 unspecified atom stereocenters. The van der Waals surface area contributed by atoms with Crippen LogP contribution in [0.25, 0.3) is 0 Å². The second-order valence-electron chi connectivity index (χ2n) is 6.00. The first-order valence-corrected chi connectivity index (χ1v) is 8.48. The first-order valence-electron chi connectivity index (χ1n) is 7.60. The Bertz CT molecular complexity index is 738. The molecule has 3 rings (SSSR count). The maximum atomic E-state index is 12.8. The molecule has 1 amide bonds. The first-order chi connectivity index (χ1) is 11.0. The molecule has 1 aliphatic rings. The Hall–Kier alpha value is -2.14. The van der Waals surface area contributed by atoms with Gasteiger partial charge >= 0.3 is 5.97 Å². The number of rotatable bonds is 3. The van der Waals surface area contributed by atoms with Crippen molar-refractivity contribution in [2.24, 2.45) is 5.92 Å². The van der Waals surface area contributed by atoms with E-state index < -0.39 is 11.9 Å². The summed E-state index contributed by atoms with van der Waals surface area (Å²) in [5.41, 5.74) is 2.67. The molecule has 120 valence electrons. The molecule has 1 aromatic heterocycles. The van der Waals surface area contributed by atoms with Gasteiger partial charge in [0.25, 0.3) is 5.91 Å². The Labute approximate surface area is 139 Å². The molecule has 2 aromatic rings. The fourth-order valence-corrected chi connectivity index (χ4v) is 4.01. The smallest absolute Gasteiger partial charge is 0.308 e. The lowest BCUT2D eigenvalue weighted by atomic mass is 9.89. The van der Waals surface area contributed by atoms with Crippen LogP contribution in [0, 0.1) is 19.8 Å². The van der Waals surface area contributed by atoms with Crippen LogP contribution < -0.4 is 0 Å². The maximum absolute atomic E-state index is 12.8. The summed E-state index contributed by atoms with van der Waals surface area (Å²) in [5, 5.41) is 11.4. The van der Waals surface area contributed by atoms with Crippen LogP contribution in [0.4, 0.5) is 0 Å². The van der Waals surface area contributed by atoms with Gasteiger partial charge in [0.1, 0.15) is 0 Å². The van der Waals surface area contributed by atoms with E-state index in [9.17, 15) is 14.7 Å². The molecular weight excluding hydrogens is 310 g/mol. The molecule has 0 saturated carbocycles. The van der Waals surface area contributed by atoms with E-state index in [1.54, 1.807) is 16.2 Å². The van der Waals surface area contributed by atoms with E-state index in [0.29, 0.717) is 12.1 Å². The van der Waals surface area contributed by atoms with E-state index in [1.165, 1.54) is 0 Å². The second kappa shape index (κ2) is 6.16. The van der Waals surface area contributed by atoms with Crippen molar-refractivity contribution in [1.82, 2.24) is 4.90 Å². The van der Waals surface area contributed by atoms with Crippen molar-refractivity contribution >= 4 is 23.2 Å². The quantitative estimate of drug-likeness (QED) is 0.940. The van der Waals surface area contributed by atoms with Gasteiger partial charge < -0.3 is 10.0 Å². The first kappa shape index (κ1) is 15.7. The summed E-state index contributed by atoms with van der Waals surface area (Å²) in [4.78, 5) is 27.2. The van der Waals surface area contributed by atoms with Crippen molar-refractivity contribution in [3.63, 3.8) is 0 Å². The van der Waals surface area contributed by atoms with Gasteiger partial charge in [-0.1, -0.05) is 30.3 Å². The van der Waals surface area contributed by atoms with Crippen molar-refractivity contribution in [2.45, 2.75) is 19.8 Å². The maximum Gasteiger partial charge on any atom is 0.308 e. The molecule has 1 fully saturated rings. The standard InChI is InChI=1S/C18H19NO3S/c1-11-12(2)23-10-16(11)17(20)19-8-14(15(9-19)18(21)22)13-6-4-3-5-7-13/h3-7,10,14-15H,8-9H2,1-2H3,(H,21,22)/t14-,15-/m0/s1. The number of amides is 1. The van der Waals surface area contributed by atoms with E-state index in [1.807, 2.05) is 49.6 Å².